The van der Waals surface area contributed by atoms with Crippen molar-refractivity contribution in [1.82, 2.24) is 5.32 Å². The van der Waals surface area contributed by atoms with Crippen LogP contribution in [0.5, 0.6) is 0 Å². The summed E-state index contributed by atoms with van der Waals surface area (Å²) in [6.07, 6.45) is -0.521. The first-order valence-electron chi connectivity index (χ1n) is 6.45. The summed E-state index contributed by atoms with van der Waals surface area (Å²) in [5.41, 5.74) is 2.07. The molecule has 1 aromatic carbocycles. The van der Waals surface area contributed by atoms with Crippen LogP contribution in [0.25, 0.3) is 0 Å². The summed E-state index contributed by atoms with van der Waals surface area (Å²) in [5, 5.41) is 13.7. The molecule has 2 N–H and O–H groups in total. The topological polar surface area (TPSA) is 44.7 Å². The molecular formula is C14H23ClN2O2. The fourth-order valence-electron chi connectivity index (χ4n) is 1.90. The quantitative estimate of drug-likeness (QED) is 0.766. The van der Waals surface area contributed by atoms with E-state index in [2.05, 4.69) is 12.2 Å². The largest absolute Gasteiger partial charge is 0.389 e. The van der Waals surface area contributed by atoms with E-state index in [-0.39, 0.29) is 0 Å². The van der Waals surface area contributed by atoms with Gasteiger partial charge in [0, 0.05) is 27.2 Å². The van der Waals surface area contributed by atoms with Crippen molar-refractivity contribution >= 4 is 17.3 Å². The number of rotatable bonds is 8. The van der Waals surface area contributed by atoms with Gasteiger partial charge in [-0.3, -0.25) is 0 Å². The molecule has 0 aliphatic carbocycles. The van der Waals surface area contributed by atoms with Crippen LogP contribution in [0.2, 0.25) is 5.02 Å². The number of hydrogen-bond acceptors (Lipinski definition) is 4. The van der Waals surface area contributed by atoms with Gasteiger partial charge in [0.05, 0.1) is 23.4 Å². The van der Waals surface area contributed by atoms with Crippen molar-refractivity contribution in [3.8, 4) is 0 Å². The molecule has 5 heteroatoms. The average Bonchev–Trinajstić information content (AvgIpc) is 2.36. The SMILES string of the molecule is CCNCc1ccc(N(C)CC(O)COC)c(Cl)c1. The molecule has 1 rings (SSSR count). The van der Waals surface area contributed by atoms with Gasteiger partial charge in [-0.15, -0.1) is 0 Å². The minimum Gasteiger partial charge on any atom is -0.389 e. The molecule has 0 fully saturated rings. The lowest BCUT2D eigenvalue weighted by Gasteiger charge is -2.23. The van der Waals surface area contributed by atoms with E-state index in [9.17, 15) is 5.11 Å². The molecule has 0 aliphatic rings. The predicted molar refractivity (Wildman–Crippen MR) is 80.0 cm³/mol. The van der Waals surface area contributed by atoms with E-state index in [4.69, 9.17) is 16.3 Å². The fourth-order valence-corrected chi connectivity index (χ4v) is 2.25. The van der Waals surface area contributed by atoms with Gasteiger partial charge in [-0.1, -0.05) is 24.6 Å². The molecule has 1 atom stereocenters. The first kappa shape index (κ1) is 16.2. The third kappa shape index (κ3) is 5.37. The summed E-state index contributed by atoms with van der Waals surface area (Å²) < 4.78 is 4.92. The zero-order chi connectivity index (χ0) is 14.3. The number of anilines is 1. The standard InChI is InChI=1S/C14H23ClN2O2/c1-4-16-8-11-5-6-14(13(15)7-11)17(2)9-12(18)10-19-3/h5-7,12,16,18H,4,8-10H2,1-3H3. The van der Waals surface area contributed by atoms with Crippen molar-refractivity contribution in [3.63, 3.8) is 0 Å². The van der Waals surface area contributed by atoms with Crippen LogP contribution >= 0.6 is 11.6 Å². The monoisotopic (exact) mass is 286 g/mol. The van der Waals surface area contributed by atoms with Crippen molar-refractivity contribution in [3.05, 3.63) is 28.8 Å². The van der Waals surface area contributed by atoms with Crippen molar-refractivity contribution < 1.29 is 9.84 Å². The normalized spacial score (nSPS) is 12.5. The molecule has 0 saturated carbocycles. The highest BCUT2D eigenvalue weighted by Crippen LogP contribution is 2.26. The minimum atomic E-state index is -0.521. The number of halogens is 1. The molecular weight excluding hydrogens is 264 g/mol. The van der Waals surface area contributed by atoms with Gasteiger partial charge in [0.2, 0.25) is 0 Å². The molecule has 0 aliphatic heterocycles. The van der Waals surface area contributed by atoms with E-state index in [1.807, 2.05) is 30.1 Å². The van der Waals surface area contributed by atoms with Gasteiger partial charge in [0.25, 0.3) is 0 Å². The Morgan fingerprint density at radius 3 is 2.79 bits per heavy atom. The first-order valence-corrected chi connectivity index (χ1v) is 6.83. The van der Waals surface area contributed by atoms with Crippen molar-refractivity contribution in [2.24, 2.45) is 0 Å². The average molecular weight is 287 g/mol. The second-order valence-electron chi connectivity index (χ2n) is 4.56. The molecule has 108 valence electrons. The van der Waals surface area contributed by atoms with Crippen LogP contribution in [-0.4, -0.2) is 45.1 Å². The van der Waals surface area contributed by atoms with Crippen LogP contribution in [0, 0.1) is 0 Å². The van der Waals surface area contributed by atoms with Crippen LogP contribution in [0.3, 0.4) is 0 Å². The van der Waals surface area contributed by atoms with Gasteiger partial charge in [0.15, 0.2) is 0 Å². The Hall–Kier alpha value is -0.810. The number of aliphatic hydroxyl groups excluding tert-OH is 1. The summed E-state index contributed by atoms with van der Waals surface area (Å²) in [4.78, 5) is 1.93. The molecule has 0 saturated heterocycles. The smallest absolute Gasteiger partial charge is 0.0947 e. The van der Waals surface area contributed by atoms with Crippen molar-refractivity contribution in [2.45, 2.75) is 19.6 Å². The number of hydrogen-bond donors (Lipinski definition) is 2. The molecule has 0 radical (unpaired) electrons. The van der Waals surface area contributed by atoms with Crippen LogP contribution in [0.15, 0.2) is 18.2 Å². The number of ether oxygens (including phenoxy) is 1. The van der Waals surface area contributed by atoms with Gasteiger partial charge >= 0.3 is 0 Å². The molecule has 19 heavy (non-hydrogen) atoms. The Kier molecular flexibility index (Phi) is 7.16. The molecule has 4 nitrogen and oxygen atoms in total. The molecule has 0 amide bonds. The fraction of sp³-hybridized carbons (Fsp3) is 0.571. The number of aliphatic hydroxyl groups is 1. The molecule has 0 bridgehead atoms. The van der Waals surface area contributed by atoms with E-state index in [0.29, 0.717) is 18.2 Å². The second kappa shape index (κ2) is 8.38. The van der Waals surface area contributed by atoms with Gasteiger partial charge in [-0.05, 0) is 24.2 Å². The van der Waals surface area contributed by atoms with Crippen LogP contribution in [-0.2, 0) is 11.3 Å². The zero-order valence-electron chi connectivity index (χ0n) is 11.8. The third-order valence-electron chi connectivity index (χ3n) is 2.85. The van der Waals surface area contributed by atoms with E-state index in [1.54, 1.807) is 7.11 Å². The Bertz CT molecular complexity index is 388. The Labute approximate surface area is 120 Å². The van der Waals surface area contributed by atoms with Crippen LogP contribution < -0.4 is 10.2 Å². The van der Waals surface area contributed by atoms with E-state index < -0.39 is 6.10 Å². The maximum absolute atomic E-state index is 9.72. The summed E-state index contributed by atoms with van der Waals surface area (Å²) in [6, 6.07) is 5.98. The summed E-state index contributed by atoms with van der Waals surface area (Å²) in [5.74, 6) is 0. The second-order valence-corrected chi connectivity index (χ2v) is 4.96. The van der Waals surface area contributed by atoms with E-state index >= 15 is 0 Å². The number of nitrogens with one attached hydrogen (secondary N) is 1. The van der Waals surface area contributed by atoms with Crippen LogP contribution in [0.4, 0.5) is 5.69 Å². The number of nitrogens with zero attached hydrogens (tertiary/aromatic N) is 1. The maximum atomic E-state index is 9.72. The number of benzene rings is 1. The predicted octanol–water partition coefficient (Wildman–Crippen LogP) is 1.89. The Balaban J connectivity index is 2.67. The van der Waals surface area contributed by atoms with E-state index in [1.165, 1.54) is 0 Å². The van der Waals surface area contributed by atoms with Gasteiger partial charge in [0.1, 0.15) is 0 Å². The number of methoxy groups -OCH3 is 1. The zero-order valence-corrected chi connectivity index (χ0v) is 12.6. The maximum Gasteiger partial charge on any atom is 0.0947 e. The van der Waals surface area contributed by atoms with Crippen molar-refractivity contribution in [1.29, 1.82) is 0 Å². The molecule has 1 aromatic rings. The van der Waals surface area contributed by atoms with Gasteiger partial charge < -0.3 is 20.1 Å². The highest BCUT2D eigenvalue weighted by atomic mass is 35.5. The minimum absolute atomic E-state index is 0.320. The molecule has 1 unspecified atom stereocenters. The lowest BCUT2D eigenvalue weighted by Crippen LogP contribution is -2.32. The van der Waals surface area contributed by atoms with Crippen molar-refractivity contribution in [2.75, 3.05) is 38.8 Å². The van der Waals surface area contributed by atoms with Gasteiger partial charge in [-0.2, -0.15) is 0 Å². The third-order valence-corrected chi connectivity index (χ3v) is 3.15. The Morgan fingerprint density at radius 2 is 2.21 bits per heavy atom. The summed E-state index contributed by atoms with van der Waals surface area (Å²) in [6.45, 7) is 4.62. The number of likely N-dealkylation sites (N-methyl/N-ethyl adjacent to an activating group) is 1. The molecule has 0 aromatic heterocycles. The summed E-state index contributed by atoms with van der Waals surface area (Å²) in [7, 11) is 3.48. The lowest BCUT2D eigenvalue weighted by atomic mass is 10.2. The first-order chi connectivity index (χ1) is 9.08. The molecule has 0 heterocycles. The Morgan fingerprint density at radius 1 is 1.47 bits per heavy atom. The van der Waals surface area contributed by atoms with E-state index in [0.717, 1.165) is 24.3 Å². The highest BCUT2D eigenvalue weighted by molar-refractivity contribution is 6.33. The summed E-state index contributed by atoms with van der Waals surface area (Å²) >= 11 is 6.28. The molecule has 0 spiro atoms. The van der Waals surface area contributed by atoms with Gasteiger partial charge in [-0.25, -0.2) is 0 Å². The van der Waals surface area contributed by atoms with Crippen LogP contribution in [0.1, 0.15) is 12.5 Å². The lowest BCUT2D eigenvalue weighted by molar-refractivity contribution is 0.0695. The highest BCUT2D eigenvalue weighted by Gasteiger charge is 2.11.